The Kier molecular flexibility index (Phi) is 4.11. The van der Waals surface area contributed by atoms with Crippen molar-refractivity contribution in [2.24, 2.45) is 5.92 Å². The summed E-state index contributed by atoms with van der Waals surface area (Å²) in [4.78, 5) is 15.8. The van der Waals surface area contributed by atoms with Crippen LogP contribution in [0.1, 0.15) is 13.8 Å². The number of nitrogens with zero attached hydrogens (tertiary/aromatic N) is 2. The van der Waals surface area contributed by atoms with Gasteiger partial charge in [-0.3, -0.25) is 4.79 Å². The summed E-state index contributed by atoms with van der Waals surface area (Å²) in [5.74, 6) is 1.25. The molecule has 0 atom stereocenters. The van der Waals surface area contributed by atoms with Gasteiger partial charge in [0.05, 0.1) is 7.11 Å². The second-order valence-electron chi connectivity index (χ2n) is 4.30. The molecule has 0 spiro atoms. The minimum Gasteiger partial charge on any atom is -0.497 e. The third-order valence-electron chi connectivity index (χ3n) is 2.53. The average Bonchev–Trinajstić information content (AvgIpc) is 2.87. The molecular formula is C13H15N3O2S. The molecule has 0 fully saturated rings. The molecule has 1 aromatic heterocycles. The molecule has 1 N–H and O–H groups in total. The summed E-state index contributed by atoms with van der Waals surface area (Å²) in [7, 11) is 1.62. The van der Waals surface area contributed by atoms with Gasteiger partial charge < -0.3 is 10.1 Å². The summed E-state index contributed by atoms with van der Waals surface area (Å²) in [5.41, 5.74) is 0.891. The fourth-order valence-electron chi connectivity index (χ4n) is 1.38. The predicted octanol–water partition coefficient (Wildman–Crippen LogP) is 2.81. The predicted molar refractivity (Wildman–Crippen MR) is 75.4 cm³/mol. The van der Waals surface area contributed by atoms with Gasteiger partial charge in [0, 0.05) is 23.0 Å². The molecule has 0 unspecified atom stereocenters. The van der Waals surface area contributed by atoms with E-state index in [-0.39, 0.29) is 11.8 Å². The molecule has 0 aliphatic rings. The van der Waals surface area contributed by atoms with Gasteiger partial charge in [-0.2, -0.15) is 9.36 Å². The highest BCUT2D eigenvalue weighted by atomic mass is 32.1. The maximum absolute atomic E-state index is 11.6. The number of carbonyl (C=O) groups excluding carboxylic acids is 1. The largest absolute Gasteiger partial charge is 0.497 e. The van der Waals surface area contributed by atoms with Crippen molar-refractivity contribution >= 4 is 22.6 Å². The molecule has 100 valence electrons. The number of aromatic nitrogens is 2. The average molecular weight is 277 g/mol. The lowest BCUT2D eigenvalue weighted by atomic mass is 10.2. The first-order chi connectivity index (χ1) is 9.10. The smallest absolute Gasteiger partial charge is 0.228 e. The van der Waals surface area contributed by atoms with Gasteiger partial charge in [-0.1, -0.05) is 13.8 Å². The van der Waals surface area contributed by atoms with E-state index in [4.69, 9.17) is 4.74 Å². The highest BCUT2D eigenvalue weighted by Crippen LogP contribution is 2.23. The molecule has 0 aliphatic heterocycles. The van der Waals surface area contributed by atoms with Crippen molar-refractivity contribution in [2.75, 3.05) is 12.4 Å². The van der Waals surface area contributed by atoms with Crippen molar-refractivity contribution < 1.29 is 9.53 Å². The van der Waals surface area contributed by atoms with Gasteiger partial charge in [-0.15, -0.1) is 0 Å². The number of rotatable bonds is 4. The molecule has 0 bridgehead atoms. The lowest BCUT2D eigenvalue weighted by Crippen LogP contribution is -2.17. The van der Waals surface area contributed by atoms with Gasteiger partial charge in [0.2, 0.25) is 11.0 Å². The van der Waals surface area contributed by atoms with Crippen LogP contribution in [0.5, 0.6) is 5.75 Å². The van der Waals surface area contributed by atoms with Crippen LogP contribution >= 0.6 is 11.5 Å². The van der Waals surface area contributed by atoms with Crippen molar-refractivity contribution in [1.82, 2.24) is 9.36 Å². The standard InChI is InChI=1S/C13H15N3O2S/c1-8(2)12(17)15-13-14-11(16-19-13)9-4-6-10(18-3)7-5-9/h4-8H,1-3H3,(H,14,15,16,17). The molecule has 6 heteroatoms. The molecule has 19 heavy (non-hydrogen) atoms. The van der Waals surface area contributed by atoms with Gasteiger partial charge in [-0.05, 0) is 24.3 Å². The lowest BCUT2D eigenvalue weighted by molar-refractivity contribution is -0.118. The van der Waals surface area contributed by atoms with E-state index in [1.54, 1.807) is 7.11 Å². The second kappa shape index (κ2) is 5.79. The van der Waals surface area contributed by atoms with E-state index in [0.29, 0.717) is 11.0 Å². The molecule has 1 aromatic carbocycles. The summed E-state index contributed by atoms with van der Waals surface area (Å²) in [6, 6.07) is 7.47. The highest BCUT2D eigenvalue weighted by molar-refractivity contribution is 7.10. The maximum atomic E-state index is 11.6. The van der Waals surface area contributed by atoms with Crippen molar-refractivity contribution in [3.63, 3.8) is 0 Å². The third kappa shape index (κ3) is 3.29. The van der Waals surface area contributed by atoms with E-state index in [1.807, 2.05) is 38.1 Å². The second-order valence-corrected chi connectivity index (χ2v) is 5.05. The normalized spacial score (nSPS) is 10.5. The third-order valence-corrected chi connectivity index (χ3v) is 3.16. The van der Waals surface area contributed by atoms with E-state index >= 15 is 0 Å². The number of benzene rings is 1. The van der Waals surface area contributed by atoms with Gasteiger partial charge in [0.15, 0.2) is 5.82 Å². The van der Waals surface area contributed by atoms with E-state index in [1.165, 1.54) is 11.5 Å². The molecule has 2 rings (SSSR count). The Bertz CT molecular complexity index is 564. The summed E-state index contributed by atoms with van der Waals surface area (Å²) < 4.78 is 9.32. The molecule has 0 radical (unpaired) electrons. The highest BCUT2D eigenvalue weighted by Gasteiger charge is 2.11. The summed E-state index contributed by atoms with van der Waals surface area (Å²) >= 11 is 1.18. The van der Waals surface area contributed by atoms with Crippen LogP contribution in [-0.4, -0.2) is 22.4 Å². The zero-order valence-electron chi connectivity index (χ0n) is 11.0. The van der Waals surface area contributed by atoms with E-state index in [9.17, 15) is 4.79 Å². The van der Waals surface area contributed by atoms with Crippen molar-refractivity contribution in [1.29, 1.82) is 0 Å². The first kappa shape index (κ1) is 13.5. The van der Waals surface area contributed by atoms with Crippen molar-refractivity contribution in [3.8, 4) is 17.1 Å². The molecular weight excluding hydrogens is 262 g/mol. The molecule has 2 aromatic rings. The van der Waals surface area contributed by atoms with E-state index in [0.717, 1.165) is 11.3 Å². The number of carbonyl (C=O) groups is 1. The monoisotopic (exact) mass is 277 g/mol. The number of nitrogens with one attached hydrogen (secondary N) is 1. The molecule has 5 nitrogen and oxygen atoms in total. The van der Waals surface area contributed by atoms with Crippen molar-refractivity contribution in [3.05, 3.63) is 24.3 Å². The van der Waals surface area contributed by atoms with Crippen LogP contribution in [0, 0.1) is 5.92 Å². The van der Waals surface area contributed by atoms with Crippen LogP contribution in [0.3, 0.4) is 0 Å². The van der Waals surface area contributed by atoms with Crippen LogP contribution in [0.15, 0.2) is 24.3 Å². The Morgan fingerprint density at radius 2 is 2.00 bits per heavy atom. The Hall–Kier alpha value is -1.95. The Morgan fingerprint density at radius 3 is 2.58 bits per heavy atom. The van der Waals surface area contributed by atoms with Crippen molar-refractivity contribution in [2.45, 2.75) is 13.8 Å². The first-order valence-corrected chi connectivity index (χ1v) is 6.66. The summed E-state index contributed by atoms with van der Waals surface area (Å²) in [6.45, 7) is 3.67. The Labute approximate surface area is 115 Å². The molecule has 0 aliphatic carbocycles. The molecule has 0 saturated carbocycles. The minimum atomic E-state index is -0.0756. The zero-order chi connectivity index (χ0) is 13.8. The topological polar surface area (TPSA) is 64.1 Å². The number of hydrogen-bond donors (Lipinski definition) is 1. The van der Waals surface area contributed by atoms with Crippen LogP contribution in [0.25, 0.3) is 11.4 Å². The Balaban J connectivity index is 2.13. The Morgan fingerprint density at radius 1 is 1.32 bits per heavy atom. The fraction of sp³-hybridized carbons (Fsp3) is 0.308. The molecule has 1 heterocycles. The van der Waals surface area contributed by atoms with E-state index < -0.39 is 0 Å². The quantitative estimate of drug-likeness (QED) is 0.933. The first-order valence-electron chi connectivity index (χ1n) is 5.89. The zero-order valence-corrected chi connectivity index (χ0v) is 11.8. The SMILES string of the molecule is COc1ccc(-c2nsc(NC(=O)C(C)C)n2)cc1. The number of amides is 1. The summed E-state index contributed by atoms with van der Waals surface area (Å²) in [5, 5.41) is 3.25. The van der Waals surface area contributed by atoms with Crippen LogP contribution in [-0.2, 0) is 4.79 Å². The van der Waals surface area contributed by atoms with Crippen LogP contribution in [0.4, 0.5) is 5.13 Å². The number of methoxy groups -OCH3 is 1. The van der Waals surface area contributed by atoms with Gasteiger partial charge in [0.1, 0.15) is 5.75 Å². The maximum Gasteiger partial charge on any atom is 0.228 e. The van der Waals surface area contributed by atoms with E-state index in [2.05, 4.69) is 14.7 Å². The molecule has 0 saturated heterocycles. The van der Waals surface area contributed by atoms with Gasteiger partial charge in [0.25, 0.3) is 0 Å². The lowest BCUT2D eigenvalue weighted by Gasteiger charge is -2.02. The minimum absolute atomic E-state index is 0.0579. The number of hydrogen-bond acceptors (Lipinski definition) is 5. The van der Waals surface area contributed by atoms with Crippen LogP contribution < -0.4 is 10.1 Å². The van der Waals surface area contributed by atoms with Gasteiger partial charge in [-0.25, -0.2) is 0 Å². The number of anilines is 1. The van der Waals surface area contributed by atoms with Crippen LogP contribution in [0.2, 0.25) is 0 Å². The fourth-order valence-corrected chi connectivity index (χ4v) is 1.97. The molecule has 1 amide bonds. The summed E-state index contributed by atoms with van der Waals surface area (Å²) in [6.07, 6.45) is 0. The van der Waals surface area contributed by atoms with Gasteiger partial charge >= 0.3 is 0 Å². The number of ether oxygens (including phenoxy) is 1.